The Labute approximate surface area is 157 Å². The van der Waals surface area contributed by atoms with Crippen molar-refractivity contribution in [2.45, 2.75) is 92.3 Å². The van der Waals surface area contributed by atoms with Crippen molar-refractivity contribution in [1.82, 2.24) is 5.32 Å². The highest BCUT2D eigenvalue weighted by Crippen LogP contribution is 2.47. The Bertz CT molecular complexity index is 416. The lowest BCUT2D eigenvalue weighted by molar-refractivity contribution is 0.0342. The predicted octanol–water partition coefficient (Wildman–Crippen LogP) is 5.12. The molecule has 0 unspecified atom stereocenters. The first kappa shape index (κ1) is 22.5. The Morgan fingerprint density at radius 3 is 2.12 bits per heavy atom. The van der Waals surface area contributed by atoms with Crippen LogP contribution < -0.4 is 5.32 Å². The molecule has 0 aromatic rings. The van der Waals surface area contributed by atoms with Gasteiger partial charge >= 0.3 is 6.09 Å². The molecule has 0 aliphatic heterocycles. The first-order chi connectivity index (χ1) is 11.3. The van der Waals surface area contributed by atoms with Crippen LogP contribution in [0.3, 0.4) is 0 Å². The van der Waals surface area contributed by atoms with Crippen LogP contribution in [0.15, 0.2) is 0 Å². The Kier molecular flexibility index (Phi) is 8.00. The van der Waals surface area contributed by atoms with Gasteiger partial charge in [0.15, 0.2) is 9.04 Å². The lowest BCUT2D eigenvalue weighted by Crippen LogP contribution is -2.40. The van der Waals surface area contributed by atoms with E-state index in [9.17, 15) is 4.79 Å². The highest BCUT2D eigenvalue weighted by molar-refractivity contribution is 6.48. The predicted molar refractivity (Wildman–Crippen MR) is 108 cm³/mol. The lowest BCUT2D eigenvalue weighted by Gasteiger charge is -2.44. The normalized spacial score (nSPS) is 25.1. The van der Waals surface area contributed by atoms with Crippen LogP contribution in [-0.2, 0) is 9.16 Å². The lowest BCUT2D eigenvalue weighted by atomic mass is 9.63. The van der Waals surface area contributed by atoms with Gasteiger partial charge in [0, 0.05) is 13.2 Å². The number of hydrogen-bond acceptors (Lipinski definition) is 3. The van der Waals surface area contributed by atoms with Gasteiger partial charge in [-0.3, -0.25) is 0 Å². The van der Waals surface area contributed by atoms with Crippen molar-refractivity contribution in [2.75, 3.05) is 13.2 Å². The number of ether oxygens (including phenoxy) is 1. The molecule has 0 spiro atoms. The number of hydrogen-bond donors (Lipinski definition) is 1. The summed E-state index contributed by atoms with van der Waals surface area (Å²) in [5, 5.41) is 2.93. The summed E-state index contributed by atoms with van der Waals surface area (Å²) in [5.41, 5.74) is 0.154. The fourth-order valence-electron chi connectivity index (χ4n) is 3.65. The summed E-state index contributed by atoms with van der Waals surface area (Å²) in [6.45, 7) is 18.7. The molecule has 148 valence electrons. The first-order valence-electron chi connectivity index (χ1n) is 9.91. The number of alkyl carbamates (subject to hydrolysis) is 1. The van der Waals surface area contributed by atoms with Crippen LogP contribution in [0, 0.1) is 16.7 Å². The molecule has 4 nitrogen and oxygen atoms in total. The third kappa shape index (κ3) is 8.58. The molecule has 5 heteroatoms. The monoisotopic (exact) mass is 371 g/mol. The van der Waals surface area contributed by atoms with E-state index in [1.165, 1.54) is 25.7 Å². The van der Waals surface area contributed by atoms with Gasteiger partial charge in [-0.25, -0.2) is 4.79 Å². The summed E-state index contributed by atoms with van der Waals surface area (Å²) in [4.78, 5) is 11.9. The summed E-state index contributed by atoms with van der Waals surface area (Å²) in [5.74, 6) is 0.788. The minimum absolute atomic E-state index is 0.216. The molecule has 1 aliphatic rings. The molecule has 0 aromatic heterocycles. The Morgan fingerprint density at radius 1 is 1.12 bits per heavy atom. The largest absolute Gasteiger partial charge is 0.444 e. The number of carbonyl (C=O) groups excluding carboxylic acids is 1. The summed E-state index contributed by atoms with van der Waals surface area (Å²) >= 11 is 0. The molecule has 1 rings (SSSR count). The molecule has 25 heavy (non-hydrogen) atoms. The third-order valence-electron chi connectivity index (χ3n) is 5.32. The van der Waals surface area contributed by atoms with Gasteiger partial charge in [-0.05, 0) is 82.7 Å². The zero-order valence-corrected chi connectivity index (χ0v) is 19.0. The number of nitrogens with one attached hydrogen (secondary N) is 1. The van der Waals surface area contributed by atoms with Crippen molar-refractivity contribution in [1.29, 1.82) is 0 Å². The quantitative estimate of drug-likeness (QED) is 0.659. The van der Waals surface area contributed by atoms with Gasteiger partial charge in [-0.1, -0.05) is 20.8 Å². The van der Waals surface area contributed by atoms with E-state index in [1.807, 2.05) is 20.8 Å². The first-order valence-corrected chi connectivity index (χ1v) is 12.7. The summed E-state index contributed by atoms with van der Waals surface area (Å²) < 4.78 is 11.5. The second kappa shape index (κ2) is 8.89. The van der Waals surface area contributed by atoms with Crippen LogP contribution in [0.2, 0.25) is 13.1 Å². The van der Waals surface area contributed by atoms with Gasteiger partial charge in [0.25, 0.3) is 0 Å². The molecule has 0 heterocycles. The minimum atomic E-state index is -1.03. The van der Waals surface area contributed by atoms with Crippen molar-refractivity contribution >= 4 is 15.1 Å². The van der Waals surface area contributed by atoms with E-state index in [0.29, 0.717) is 12.0 Å². The van der Waals surface area contributed by atoms with Crippen molar-refractivity contribution in [2.24, 2.45) is 16.7 Å². The van der Waals surface area contributed by atoms with Crippen LogP contribution in [0.1, 0.15) is 73.6 Å². The molecule has 1 N–H and O–H groups in total. The maximum atomic E-state index is 11.9. The van der Waals surface area contributed by atoms with Crippen LogP contribution in [-0.4, -0.2) is 33.9 Å². The average Bonchev–Trinajstić information content (AvgIpc) is 2.43. The standard InChI is InChI=1S/C20H41NO3Si/c1-18(2,3)16-9-11-20(12-10-16,15-23-25(7)8)13-14-21-17(22)24-19(4,5)6/h16,25H,9-15H2,1-8H3,(H,21,22). The minimum Gasteiger partial charge on any atom is -0.444 e. The molecule has 1 saturated carbocycles. The van der Waals surface area contributed by atoms with E-state index in [1.54, 1.807) is 0 Å². The van der Waals surface area contributed by atoms with E-state index < -0.39 is 14.6 Å². The van der Waals surface area contributed by atoms with Crippen LogP contribution in [0.5, 0.6) is 0 Å². The van der Waals surface area contributed by atoms with E-state index in [-0.39, 0.29) is 11.5 Å². The van der Waals surface area contributed by atoms with Crippen molar-refractivity contribution < 1.29 is 14.0 Å². The molecule has 0 aromatic carbocycles. The molecule has 0 bridgehead atoms. The Hall–Kier alpha value is -0.553. The van der Waals surface area contributed by atoms with E-state index in [2.05, 4.69) is 39.2 Å². The highest BCUT2D eigenvalue weighted by atomic mass is 28.3. The number of amides is 1. The van der Waals surface area contributed by atoms with Crippen LogP contribution in [0.4, 0.5) is 4.79 Å². The van der Waals surface area contributed by atoms with E-state index >= 15 is 0 Å². The Morgan fingerprint density at radius 2 is 1.68 bits per heavy atom. The second-order valence-corrected chi connectivity index (χ2v) is 12.6. The molecular weight excluding hydrogens is 330 g/mol. The molecule has 1 fully saturated rings. The zero-order valence-electron chi connectivity index (χ0n) is 17.8. The van der Waals surface area contributed by atoms with Gasteiger partial charge in [0.05, 0.1) is 0 Å². The number of rotatable bonds is 6. The maximum absolute atomic E-state index is 11.9. The summed E-state index contributed by atoms with van der Waals surface area (Å²) in [7, 11) is -1.03. The van der Waals surface area contributed by atoms with Gasteiger partial charge in [0.2, 0.25) is 0 Å². The topological polar surface area (TPSA) is 47.6 Å². The average molecular weight is 372 g/mol. The van der Waals surface area contributed by atoms with E-state index in [0.717, 1.165) is 18.9 Å². The Balaban J connectivity index is 2.58. The van der Waals surface area contributed by atoms with Gasteiger partial charge < -0.3 is 14.5 Å². The van der Waals surface area contributed by atoms with Gasteiger partial charge in [-0.2, -0.15) is 0 Å². The molecule has 0 saturated heterocycles. The second-order valence-electron chi connectivity index (χ2n) is 10.2. The number of carbonyl (C=O) groups is 1. The van der Waals surface area contributed by atoms with Crippen LogP contribution >= 0.6 is 0 Å². The van der Waals surface area contributed by atoms with Crippen molar-refractivity contribution in [3.05, 3.63) is 0 Å². The smallest absolute Gasteiger partial charge is 0.407 e. The van der Waals surface area contributed by atoms with Crippen molar-refractivity contribution in [3.8, 4) is 0 Å². The molecule has 0 atom stereocenters. The van der Waals surface area contributed by atoms with Gasteiger partial charge in [-0.15, -0.1) is 0 Å². The SMILES string of the molecule is C[SiH](C)OCC1(CCNC(=O)OC(C)(C)C)CCC(C(C)(C)C)CC1. The molecular formula is C20H41NO3Si. The van der Waals surface area contributed by atoms with E-state index in [4.69, 9.17) is 9.16 Å². The fraction of sp³-hybridized carbons (Fsp3) is 0.950. The summed E-state index contributed by atoms with van der Waals surface area (Å²) in [6.07, 6.45) is 5.59. The molecule has 1 amide bonds. The summed E-state index contributed by atoms with van der Waals surface area (Å²) in [6, 6.07) is 0. The van der Waals surface area contributed by atoms with Crippen LogP contribution in [0.25, 0.3) is 0 Å². The zero-order chi connectivity index (χ0) is 19.3. The molecule has 0 radical (unpaired) electrons. The molecule has 1 aliphatic carbocycles. The highest BCUT2D eigenvalue weighted by Gasteiger charge is 2.38. The fourth-order valence-corrected chi connectivity index (χ4v) is 4.34. The van der Waals surface area contributed by atoms with Crippen molar-refractivity contribution in [3.63, 3.8) is 0 Å². The van der Waals surface area contributed by atoms with Gasteiger partial charge in [0.1, 0.15) is 5.60 Å². The maximum Gasteiger partial charge on any atom is 0.407 e. The third-order valence-corrected chi connectivity index (χ3v) is 6.15.